The Hall–Kier alpha value is -1.13. The molecule has 53 heavy (non-hydrogen) atoms. The Balaban J connectivity index is 3.55. The molecule has 314 valence electrons. The van der Waals surface area contributed by atoms with E-state index < -0.39 is 12.1 Å². The van der Waals surface area contributed by atoms with Crippen LogP contribution in [0.15, 0.2) is 24.3 Å². The summed E-state index contributed by atoms with van der Waals surface area (Å²) in [6.07, 6.45) is 58.8. The van der Waals surface area contributed by atoms with E-state index in [9.17, 15) is 15.0 Å². The average molecular weight is 746 g/mol. The lowest BCUT2D eigenvalue weighted by molar-refractivity contribution is -0.123. The molecule has 4 nitrogen and oxygen atoms in total. The van der Waals surface area contributed by atoms with Gasteiger partial charge in [0.2, 0.25) is 5.91 Å². The highest BCUT2D eigenvalue weighted by atomic mass is 16.3. The molecule has 1 amide bonds. The molecule has 0 aromatic heterocycles. The fourth-order valence-corrected chi connectivity index (χ4v) is 7.49. The molecule has 0 aliphatic rings. The van der Waals surface area contributed by atoms with Crippen LogP contribution >= 0.6 is 0 Å². The van der Waals surface area contributed by atoms with E-state index in [1.807, 2.05) is 6.08 Å². The summed E-state index contributed by atoms with van der Waals surface area (Å²) in [5, 5.41) is 23.1. The Morgan fingerprint density at radius 1 is 0.434 bits per heavy atom. The summed E-state index contributed by atoms with van der Waals surface area (Å²) in [4.78, 5) is 12.4. The van der Waals surface area contributed by atoms with Crippen LogP contribution < -0.4 is 5.32 Å². The highest BCUT2D eigenvalue weighted by molar-refractivity contribution is 5.76. The normalized spacial score (nSPS) is 13.1. The molecule has 0 saturated carbocycles. The molecular formula is C49H95NO3. The van der Waals surface area contributed by atoms with Gasteiger partial charge in [-0.1, -0.05) is 250 Å². The molecule has 2 unspecified atom stereocenters. The van der Waals surface area contributed by atoms with E-state index in [-0.39, 0.29) is 12.5 Å². The predicted molar refractivity (Wildman–Crippen MR) is 235 cm³/mol. The fraction of sp³-hybridized carbons (Fsp3) is 0.898. The van der Waals surface area contributed by atoms with Crippen LogP contribution in [-0.2, 0) is 4.79 Å². The van der Waals surface area contributed by atoms with Crippen LogP contribution in [0.3, 0.4) is 0 Å². The summed E-state index contributed by atoms with van der Waals surface area (Å²) in [5.41, 5.74) is 0. The van der Waals surface area contributed by atoms with Crippen LogP contribution in [0.25, 0.3) is 0 Å². The Labute approximate surface area is 332 Å². The number of aliphatic hydroxyl groups excluding tert-OH is 2. The number of nitrogens with one attached hydrogen (secondary N) is 1. The number of unbranched alkanes of at least 4 members (excludes halogenated alkanes) is 35. The van der Waals surface area contributed by atoms with Crippen LogP contribution in [-0.4, -0.2) is 34.9 Å². The molecule has 0 bridgehead atoms. The average Bonchev–Trinajstić information content (AvgIpc) is 3.16. The van der Waals surface area contributed by atoms with Crippen LogP contribution in [0.1, 0.15) is 264 Å². The molecule has 0 aliphatic carbocycles. The second-order valence-electron chi connectivity index (χ2n) is 16.5. The van der Waals surface area contributed by atoms with E-state index in [1.54, 1.807) is 6.08 Å². The summed E-state index contributed by atoms with van der Waals surface area (Å²) in [7, 11) is 0. The first-order valence-electron chi connectivity index (χ1n) is 24.1. The standard InChI is InChI=1S/C49H95NO3/c1-3-5-7-9-11-13-15-17-19-21-23-25-26-28-30-32-34-36-38-40-42-44-48(52)47(46-51)50-49(53)45-43-41-39-37-35-33-31-29-27-24-22-20-18-16-14-12-10-8-6-4-2/h34,36,42,44,47-48,51-52H,3-33,35,37-41,43,45-46H2,1-2H3,(H,50,53)/b36-34+,44-42+. The molecule has 3 N–H and O–H groups in total. The van der Waals surface area contributed by atoms with Gasteiger partial charge in [-0.15, -0.1) is 0 Å². The summed E-state index contributed by atoms with van der Waals surface area (Å²) in [6, 6.07) is -0.635. The quantitative estimate of drug-likeness (QED) is 0.0430. The van der Waals surface area contributed by atoms with Crippen LogP contribution in [0.2, 0.25) is 0 Å². The molecule has 4 heteroatoms. The van der Waals surface area contributed by atoms with Gasteiger partial charge in [-0.2, -0.15) is 0 Å². The van der Waals surface area contributed by atoms with Crippen molar-refractivity contribution in [3.8, 4) is 0 Å². The first-order valence-corrected chi connectivity index (χ1v) is 24.1. The number of hydrogen-bond acceptors (Lipinski definition) is 3. The third kappa shape index (κ3) is 41.9. The van der Waals surface area contributed by atoms with Crippen LogP contribution in [0.5, 0.6) is 0 Å². The van der Waals surface area contributed by atoms with Crippen molar-refractivity contribution in [3.05, 3.63) is 24.3 Å². The SMILES string of the molecule is CCCCCCCCCCCCCCCCC/C=C/CC/C=C/C(O)C(CO)NC(=O)CCCCCCCCCCCCCCCCCCCCCC. The highest BCUT2D eigenvalue weighted by Crippen LogP contribution is 2.16. The van der Waals surface area contributed by atoms with Gasteiger partial charge in [0.1, 0.15) is 0 Å². The Bertz CT molecular complexity index is 765. The summed E-state index contributed by atoms with van der Waals surface area (Å²) in [6.45, 7) is 4.32. The molecule has 0 aromatic rings. The van der Waals surface area contributed by atoms with E-state index in [0.29, 0.717) is 6.42 Å². The van der Waals surface area contributed by atoms with E-state index >= 15 is 0 Å². The van der Waals surface area contributed by atoms with Gasteiger partial charge >= 0.3 is 0 Å². The number of rotatable bonds is 44. The first-order chi connectivity index (χ1) is 26.2. The maximum atomic E-state index is 12.4. The maximum absolute atomic E-state index is 12.4. The third-order valence-electron chi connectivity index (χ3n) is 11.2. The molecule has 0 aromatic carbocycles. The zero-order valence-electron chi connectivity index (χ0n) is 36.1. The second kappa shape index (κ2) is 45.3. The lowest BCUT2D eigenvalue weighted by atomic mass is 10.0. The molecular weight excluding hydrogens is 651 g/mol. The Morgan fingerprint density at radius 2 is 0.736 bits per heavy atom. The first kappa shape index (κ1) is 51.9. The maximum Gasteiger partial charge on any atom is 0.220 e. The molecule has 0 radical (unpaired) electrons. The number of aliphatic hydroxyl groups is 2. The minimum Gasteiger partial charge on any atom is -0.394 e. The molecule has 0 saturated heterocycles. The molecule has 0 aliphatic heterocycles. The van der Waals surface area contributed by atoms with Crippen molar-refractivity contribution < 1.29 is 15.0 Å². The van der Waals surface area contributed by atoms with E-state index in [4.69, 9.17) is 0 Å². The second-order valence-corrected chi connectivity index (χ2v) is 16.5. The highest BCUT2D eigenvalue weighted by Gasteiger charge is 2.17. The van der Waals surface area contributed by atoms with E-state index in [2.05, 4.69) is 31.3 Å². The van der Waals surface area contributed by atoms with Crippen LogP contribution in [0, 0.1) is 0 Å². The predicted octanol–water partition coefficient (Wildman–Crippen LogP) is 15.2. The monoisotopic (exact) mass is 746 g/mol. The molecule has 0 fully saturated rings. The number of allylic oxidation sites excluding steroid dienone is 3. The molecule has 0 heterocycles. The summed E-state index contributed by atoms with van der Waals surface area (Å²) < 4.78 is 0. The van der Waals surface area contributed by atoms with Crippen molar-refractivity contribution in [3.63, 3.8) is 0 Å². The minimum absolute atomic E-state index is 0.0688. The van der Waals surface area contributed by atoms with Crippen molar-refractivity contribution in [2.75, 3.05) is 6.61 Å². The summed E-state index contributed by atoms with van der Waals surface area (Å²) in [5.74, 6) is -0.0688. The van der Waals surface area contributed by atoms with Gasteiger partial charge in [0.05, 0.1) is 18.8 Å². The van der Waals surface area contributed by atoms with Gasteiger partial charge in [0.15, 0.2) is 0 Å². The number of hydrogen-bond donors (Lipinski definition) is 3. The Morgan fingerprint density at radius 3 is 1.09 bits per heavy atom. The molecule has 0 rings (SSSR count). The summed E-state index contributed by atoms with van der Waals surface area (Å²) >= 11 is 0. The largest absolute Gasteiger partial charge is 0.394 e. The fourth-order valence-electron chi connectivity index (χ4n) is 7.49. The van der Waals surface area contributed by atoms with E-state index in [1.165, 1.54) is 212 Å². The topological polar surface area (TPSA) is 69.6 Å². The molecule has 0 spiro atoms. The molecule has 2 atom stereocenters. The van der Waals surface area contributed by atoms with Gasteiger partial charge in [0.25, 0.3) is 0 Å². The van der Waals surface area contributed by atoms with Crippen molar-refractivity contribution >= 4 is 5.91 Å². The van der Waals surface area contributed by atoms with Gasteiger partial charge in [-0.05, 0) is 32.1 Å². The van der Waals surface area contributed by atoms with Crippen LogP contribution in [0.4, 0.5) is 0 Å². The third-order valence-corrected chi connectivity index (χ3v) is 11.2. The van der Waals surface area contributed by atoms with E-state index in [0.717, 1.165) is 32.1 Å². The lowest BCUT2D eigenvalue weighted by Crippen LogP contribution is -2.45. The smallest absolute Gasteiger partial charge is 0.220 e. The minimum atomic E-state index is -0.858. The van der Waals surface area contributed by atoms with Crippen molar-refractivity contribution in [2.45, 2.75) is 276 Å². The zero-order valence-corrected chi connectivity index (χ0v) is 36.1. The number of carbonyl (C=O) groups is 1. The lowest BCUT2D eigenvalue weighted by Gasteiger charge is -2.19. The van der Waals surface area contributed by atoms with Crippen molar-refractivity contribution in [2.24, 2.45) is 0 Å². The Kier molecular flexibility index (Phi) is 44.3. The van der Waals surface area contributed by atoms with Gasteiger partial charge in [-0.25, -0.2) is 0 Å². The zero-order chi connectivity index (χ0) is 38.6. The van der Waals surface area contributed by atoms with Gasteiger partial charge < -0.3 is 15.5 Å². The number of amides is 1. The van der Waals surface area contributed by atoms with Crippen molar-refractivity contribution in [1.29, 1.82) is 0 Å². The van der Waals surface area contributed by atoms with Gasteiger partial charge in [-0.3, -0.25) is 4.79 Å². The van der Waals surface area contributed by atoms with Crippen molar-refractivity contribution in [1.82, 2.24) is 5.32 Å². The van der Waals surface area contributed by atoms with Gasteiger partial charge in [0, 0.05) is 6.42 Å². The number of carbonyl (C=O) groups excluding carboxylic acids is 1.